The number of Topliss-reactive ketones (excluding diaryl/α,β-unsaturated/α-hetero) is 1. The Labute approximate surface area is 158 Å². The maximum atomic E-state index is 12.6. The molecule has 2 aromatic heterocycles. The van der Waals surface area contributed by atoms with Crippen molar-refractivity contribution in [1.29, 1.82) is 0 Å². The molecule has 2 heterocycles. The van der Waals surface area contributed by atoms with Crippen LogP contribution in [0.1, 0.15) is 65.0 Å². The molecule has 0 saturated heterocycles. The molecule has 5 heteroatoms. The van der Waals surface area contributed by atoms with Gasteiger partial charge in [0.1, 0.15) is 5.76 Å². The zero-order chi connectivity index (χ0) is 18.8. The molecule has 1 aromatic carbocycles. The Balaban J connectivity index is 1.52. The lowest BCUT2D eigenvalue weighted by Gasteiger charge is -2.23. The second-order valence-electron chi connectivity index (χ2n) is 7.34. The predicted octanol–water partition coefficient (Wildman–Crippen LogP) is 4.72. The van der Waals surface area contributed by atoms with E-state index in [1.165, 1.54) is 11.1 Å². The standard InChI is InChI=1S/C22H23N3O2/c1-14(2)15-5-7-16(8-6-15)17-10-20-19(21(26)11-17)13-24-22(25-20)23-12-18-4-3-9-27-18/h3-9,13-14,17H,10-12H2,1-2H3,(H,23,24,25)/t17-/m0/s1. The van der Waals surface area contributed by atoms with Crippen molar-refractivity contribution in [2.24, 2.45) is 0 Å². The van der Waals surface area contributed by atoms with Gasteiger partial charge < -0.3 is 9.73 Å². The number of benzene rings is 1. The Morgan fingerprint density at radius 1 is 1.19 bits per heavy atom. The van der Waals surface area contributed by atoms with Crippen LogP contribution < -0.4 is 5.32 Å². The summed E-state index contributed by atoms with van der Waals surface area (Å²) in [5.41, 5.74) is 3.98. The number of nitrogens with zero attached hydrogens (tertiary/aromatic N) is 2. The van der Waals surface area contributed by atoms with Gasteiger partial charge in [0.15, 0.2) is 5.78 Å². The van der Waals surface area contributed by atoms with Crippen molar-refractivity contribution < 1.29 is 9.21 Å². The molecule has 0 aliphatic heterocycles. The van der Waals surface area contributed by atoms with E-state index in [0.717, 1.165) is 17.9 Å². The minimum atomic E-state index is 0.117. The van der Waals surface area contributed by atoms with Crippen molar-refractivity contribution in [2.45, 2.75) is 45.1 Å². The number of rotatable bonds is 5. The maximum absolute atomic E-state index is 12.6. The van der Waals surface area contributed by atoms with E-state index in [9.17, 15) is 4.79 Å². The van der Waals surface area contributed by atoms with Crippen LogP contribution in [0.4, 0.5) is 5.95 Å². The molecule has 1 aliphatic carbocycles. The fraction of sp³-hybridized carbons (Fsp3) is 0.318. The summed E-state index contributed by atoms with van der Waals surface area (Å²) in [5, 5.41) is 3.16. The number of carbonyl (C=O) groups excluding carboxylic acids is 1. The van der Waals surface area contributed by atoms with Gasteiger partial charge in [0, 0.05) is 12.6 Å². The van der Waals surface area contributed by atoms with Crippen molar-refractivity contribution in [3.05, 3.63) is 77.0 Å². The summed E-state index contributed by atoms with van der Waals surface area (Å²) < 4.78 is 5.31. The molecule has 0 unspecified atom stereocenters. The van der Waals surface area contributed by atoms with Gasteiger partial charge in [-0.2, -0.15) is 0 Å². The summed E-state index contributed by atoms with van der Waals surface area (Å²) in [7, 11) is 0. The third-order valence-electron chi connectivity index (χ3n) is 5.12. The van der Waals surface area contributed by atoms with E-state index in [0.29, 0.717) is 30.4 Å². The number of ketones is 1. The molecule has 0 saturated carbocycles. The summed E-state index contributed by atoms with van der Waals surface area (Å²) in [6.07, 6.45) is 4.54. The number of aromatic nitrogens is 2. The number of furan rings is 1. The fourth-order valence-corrected chi connectivity index (χ4v) is 3.50. The molecule has 3 aromatic rings. The molecule has 1 atom stereocenters. The van der Waals surface area contributed by atoms with E-state index in [1.54, 1.807) is 12.5 Å². The molecule has 0 radical (unpaired) electrons. The second-order valence-corrected chi connectivity index (χ2v) is 7.34. The number of anilines is 1. The van der Waals surface area contributed by atoms with Crippen LogP contribution in [-0.2, 0) is 13.0 Å². The van der Waals surface area contributed by atoms with Crippen LogP contribution in [0.25, 0.3) is 0 Å². The normalized spacial score (nSPS) is 16.4. The monoisotopic (exact) mass is 361 g/mol. The first kappa shape index (κ1) is 17.5. The zero-order valence-corrected chi connectivity index (χ0v) is 15.6. The van der Waals surface area contributed by atoms with Gasteiger partial charge in [0.25, 0.3) is 0 Å². The summed E-state index contributed by atoms with van der Waals surface area (Å²) in [6, 6.07) is 12.4. The molecule has 0 amide bonds. The van der Waals surface area contributed by atoms with Crippen LogP contribution >= 0.6 is 0 Å². The number of hydrogen-bond acceptors (Lipinski definition) is 5. The zero-order valence-electron chi connectivity index (χ0n) is 15.6. The molecule has 27 heavy (non-hydrogen) atoms. The molecular formula is C22H23N3O2. The number of hydrogen-bond donors (Lipinski definition) is 1. The first-order chi connectivity index (χ1) is 13.1. The molecule has 1 N–H and O–H groups in total. The molecule has 138 valence electrons. The summed E-state index contributed by atoms with van der Waals surface area (Å²) >= 11 is 0. The fourth-order valence-electron chi connectivity index (χ4n) is 3.50. The van der Waals surface area contributed by atoms with Gasteiger partial charge in [-0.1, -0.05) is 38.1 Å². The SMILES string of the molecule is CC(C)c1ccc([C@@H]2CC(=O)c3cnc(NCc4ccco4)nc3C2)cc1. The van der Waals surface area contributed by atoms with E-state index in [1.807, 2.05) is 12.1 Å². The van der Waals surface area contributed by atoms with Crippen molar-refractivity contribution in [1.82, 2.24) is 9.97 Å². The number of fused-ring (bicyclic) bond motifs is 1. The van der Waals surface area contributed by atoms with E-state index < -0.39 is 0 Å². The largest absolute Gasteiger partial charge is 0.467 e. The Kier molecular flexibility index (Phi) is 4.75. The first-order valence-corrected chi connectivity index (χ1v) is 9.35. The highest BCUT2D eigenvalue weighted by atomic mass is 16.3. The van der Waals surface area contributed by atoms with Gasteiger partial charge in [-0.05, 0) is 41.5 Å². The summed E-state index contributed by atoms with van der Waals surface area (Å²) in [4.78, 5) is 21.5. The van der Waals surface area contributed by atoms with Gasteiger partial charge >= 0.3 is 0 Å². The average Bonchev–Trinajstić information content (AvgIpc) is 3.20. The summed E-state index contributed by atoms with van der Waals surface area (Å²) in [6.45, 7) is 4.88. The molecule has 4 rings (SSSR count). The van der Waals surface area contributed by atoms with Gasteiger partial charge in [0.05, 0.1) is 24.1 Å². The molecule has 0 spiro atoms. The van der Waals surface area contributed by atoms with Crippen LogP contribution in [0.5, 0.6) is 0 Å². The number of nitrogens with one attached hydrogen (secondary N) is 1. The smallest absolute Gasteiger partial charge is 0.223 e. The minimum Gasteiger partial charge on any atom is -0.467 e. The van der Waals surface area contributed by atoms with Gasteiger partial charge in [0.2, 0.25) is 5.95 Å². The van der Waals surface area contributed by atoms with Gasteiger partial charge in [-0.3, -0.25) is 4.79 Å². The predicted molar refractivity (Wildman–Crippen MR) is 104 cm³/mol. The first-order valence-electron chi connectivity index (χ1n) is 9.35. The second kappa shape index (κ2) is 7.35. The Morgan fingerprint density at radius 3 is 2.70 bits per heavy atom. The third kappa shape index (κ3) is 3.77. The van der Waals surface area contributed by atoms with Gasteiger partial charge in [-0.25, -0.2) is 9.97 Å². The lowest BCUT2D eigenvalue weighted by molar-refractivity contribution is 0.0962. The summed E-state index contributed by atoms with van der Waals surface area (Å²) in [5.74, 6) is 2.12. The molecule has 0 bridgehead atoms. The highest BCUT2D eigenvalue weighted by Crippen LogP contribution is 2.32. The molecule has 5 nitrogen and oxygen atoms in total. The lowest BCUT2D eigenvalue weighted by Crippen LogP contribution is -2.21. The van der Waals surface area contributed by atoms with Crippen LogP contribution in [0.3, 0.4) is 0 Å². The third-order valence-corrected chi connectivity index (χ3v) is 5.12. The van der Waals surface area contributed by atoms with E-state index >= 15 is 0 Å². The Morgan fingerprint density at radius 2 is 2.00 bits per heavy atom. The van der Waals surface area contributed by atoms with E-state index in [4.69, 9.17) is 4.42 Å². The van der Waals surface area contributed by atoms with E-state index in [-0.39, 0.29) is 11.7 Å². The van der Waals surface area contributed by atoms with Crippen molar-refractivity contribution in [3.8, 4) is 0 Å². The topological polar surface area (TPSA) is 68.0 Å². The molecular weight excluding hydrogens is 338 g/mol. The minimum absolute atomic E-state index is 0.117. The molecule has 0 fully saturated rings. The highest BCUT2D eigenvalue weighted by Gasteiger charge is 2.28. The van der Waals surface area contributed by atoms with Gasteiger partial charge in [-0.15, -0.1) is 0 Å². The maximum Gasteiger partial charge on any atom is 0.223 e. The van der Waals surface area contributed by atoms with Crippen molar-refractivity contribution >= 4 is 11.7 Å². The Bertz CT molecular complexity index is 931. The Hall–Kier alpha value is -2.95. The number of carbonyl (C=O) groups is 1. The molecule has 1 aliphatic rings. The quantitative estimate of drug-likeness (QED) is 0.712. The lowest BCUT2D eigenvalue weighted by atomic mass is 9.81. The van der Waals surface area contributed by atoms with Crippen LogP contribution in [-0.4, -0.2) is 15.8 Å². The average molecular weight is 361 g/mol. The highest BCUT2D eigenvalue weighted by molar-refractivity contribution is 5.98. The van der Waals surface area contributed by atoms with Crippen LogP contribution in [0.15, 0.2) is 53.3 Å². The van der Waals surface area contributed by atoms with E-state index in [2.05, 4.69) is 53.4 Å². The van der Waals surface area contributed by atoms with Crippen molar-refractivity contribution in [3.63, 3.8) is 0 Å². The van der Waals surface area contributed by atoms with Crippen LogP contribution in [0, 0.1) is 0 Å². The van der Waals surface area contributed by atoms with Crippen LogP contribution in [0.2, 0.25) is 0 Å². The van der Waals surface area contributed by atoms with Crippen molar-refractivity contribution in [2.75, 3.05) is 5.32 Å².